The lowest BCUT2D eigenvalue weighted by Gasteiger charge is -1.96. The van der Waals surface area contributed by atoms with Crippen LogP contribution in [0.15, 0.2) is 37.8 Å². The highest BCUT2D eigenvalue weighted by Gasteiger charge is 2.10. The maximum Gasteiger partial charge on any atom is 0.328 e. The molecule has 0 radical (unpaired) electrons. The normalized spacial score (nSPS) is 12.5. The number of rotatable bonds is 3. The average molecular weight is 314 g/mol. The predicted molar refractivity (Wildman–Crippen MR) is 85.2 cm³/mol. The first-order valence-corrected chi connectivity index (χ1v) is 6.59. The summed E-state index contributed by atoms with van der Waals surface area (Å²) in [5.74, 6) is 0.0374. The third kappa shape index (κ3) is 2.46. The van der Waals surface area contributed by atoms with Crippen LogP contribution in [0.4, 0.5) is 5.82 Å². The fourth-order valence-electron chi connectivity index (χ4n) is 2.18. The molecule has 4 N–H and O–H groups in total. The molecule has 0 amide bonds. The first-order chi connectivity index (χ1) is 11.0. The molecular weight excluding hydrogens is 300 g/mol. The Hall–Kier alpha value is -3.43. The quantitative estimate of drug-likeness (QED) is 0.382. The SMILES string of the molecule is Cn1c(=O)n(C)c2cc(C=N/N=C(/N)c3nonc3N)ccc21. The Morgan fingerprint density at radius 2 is 2.00 bits per heavy atom. The minimum Gasteiger partial charge on any atom is -0.380 e. The van der Waals surface area contributed by atoms with Crippen LogP contribution in [0.25, 0.3) is 11.0 Å². The standard InChI is InChI=1S/C13H14N8O2/c1-20-8-4-3-7(5-9(8)21(2)13(20)22)6-16-17-11(14)10-12(15)19-23-18-10/h3-6H,1-2H3,(H2,14,17)(H2,15,19). The number of aryl methyl sites for hydroxylation is 2. The molecule has 23 heavy (non-hydrogen) atoms. The Balaban J connectivity index is 1.91. The lowest BCUT2D eigenvalue weighted by atomic mass is 10.2. The van der Waals surface area contributed by atoms with Gasteiger partial charge in [0.2, 0.25) is 0 Å². The van der Waals surface area contributed by atoms with Crippen LogP contribution in [0.5, 0.6) is 0 Å². The van der Waals surface area contributed by atoms with Gasteiger partial charge in [-0.05, 0) is 28.0 Å². The number of aromatic nitrogens is 4. The summed E-state index contributed by atoms with van der Waals surface area (Å²) in [4.78, 5) is 11.9. The summed E-state index contributed by atoms with van der Waals surface area (Å²) >= 11 is 0. The van der Waals surface area contributed by atoms with Crippen molar-refractivity contribution in [3.63, 3.8) is 0 Å². The van der Waals surface area contributed by atoms with Crippen LogP contribution < -0.4 is 17.2 Å². The Morgan fingerprint density at radius 3 is 2.70 bits per heavy atom. The van der Waals surface area contributed by atoms with Crippen LogP contribution in [0.2, 0.25) is 0 Å². The van der Waals surface area contributed by atoms with Gasteiger partial charge in [0, 0.05) is 14.1 Å². The Morgan fingerprint density at radius 1 is 1.26 bits per heavy atom. The Bertz CT molecular complexity index is 991. The smallest absolute Gasteiger partial charge is 0.328 e. The number of fused-ring (bicyclic) bond motifs is 1. The molecule has 1 aromatic carbocycles. The van der Waals surface area contributed by atoms with Gasteiger partial charge in [0.15, 0.2) is 17.3 Å². The number of imidazole rings is 1. The number of anilines is 1. The summed E-state index contributed by atoms with van der Waals surface area (Å²) in [5.41, 5.74) is 13.6. The van der Waals surface area contributed by atoms with Crippen molar-refractivity contribution in [2.45, 2.75) is 0 Å². The summed E-state index contributed by atoms with van der Waals surface area (Å²) in [7, 11) is 3.43. The van der Waals surface area contributed by atoms with Gasteiger partial charge in [0.05, 0.1) is 17.2 Å². The van der Waals surface area contributed by atoms with Crippen LogP contribution in [0.3, 0.4) is 0 Å². The van der Waals surface area contributed by atoms with Gasteiger partial charge >= 0.3 is 5.69 Å². The van der Waals surface area contributed by atoms with Crippen molar-refractivity contribution in [3.05, 3.63) is 39.9 Å². The van der Waals surface area contributed by atoms with Gasteiger partial charge < -0.3 is 11.5 Å². The highest BCUT2D eigenvalue weighted by molar-refractivity contribution is 5.99. The molecule has 2 aromatic heterocycles. The molecule has 10 heteroatoms. The molecule has 0 saturated carbocycles. The maximum atomic E-state index is 11.9. The summed E-state index contributed by atoms with van der Waals surface area (Å²) in [6.07, 6.45) is 1.51. The van der Waals surface area contributed by atoms with Crippen LogP contribution >= 0.6 is 0 Å². The van der Waals surface area contributed by atoms with Crippen molar-refractivity contribution in [2.75, 3.05) is 5.73 Å². The fourth-order valence-corrected chi connectivity index (χ4v) is 2.18. The molecule has 0 unspecified atom stereocenters. The van der Waals surface area contributed by atoms with E-state index < -0.39 is 0 Å². The van der Waals surface area contributed by atoms with Gasteiger partial charge in [0.1, 0.15) is 0 Å². The van der Waals surface area contributed by atoms with E-state index in [-0.39, 0.29) is 23.0 Å². The molecule has 0 spiro atoms. The maximum absolute atomic E-state index is 11.9. The summed E-state index contributed by atoms with van der Waals surface area (Å²) < 4.78 is 7.57. The molecule has 3 aromatic rings. The van der Waals surface area contributed by atoms with E-state index in [1.165, 1.54) is 6.21 Å². The molecule has 0 aliphatic rings. The molecule has 0 atom stereocenters. The molecule has 0 fully saturated rings. The fraction of sp³-hybridized carbons (Fsp3) is 0.154. The van der Waals surface area contributed by atoms with E-state index in [1.807, 2.05) is 18.2 Å². The highest BCUT2D eigenvalue weighted by Crippen LogP contribution is 2.13. The highest BCUT2D eigenvalue weighted by atomic mass is 16.6. The summed E-state index contributed by atoms with van der Waals surface area (Å²) in [6, 6.07) is 5.49. The van der Waals surface area contributed by atoms with E-state index in [1.54, 1.807) is 23.2 Å². The average Bonchev–Trinajstić information content (AvgIpc) is 3.06. The van der Waals surface area contributed by atoms with E-state index in [9.17, 15) is 4.79 Å². The molecule has 0 bridgehead atoms. The number of benzene rings is 1. The van der Waals surface area contributed by atoms with E-state index >= 15 is 0 Å². The zero-order valence-electron chi connectivity index (χ0n) is 12.5. The van der Waals surface area contributed by atoms with Gasteiger partial charge in [0.25, 0.3) is 0 Å². The monoisotopic (exact) mass is 314 g/mol. The summed E-state index contributed by atoms with van der Waals surface area (Å²) in [6.45, 7) is 0. The molecule has 10 nitrogen and oxygen atoms in total. The molecule has 2 heterocycles. The Kier molecular flexibility index (Phi) is 3.41. The number of hydrogen-bond acceptors (Lipinski definition) is 7. The van der Waals surface area contributed by atoms with Crippen LogP contribution in [0, 0.1) is 0 Å². The molecule has 118 valence electrons. The van der Waals surface area contributed by atoms with Crippen LogP contribution in [-0.2, 0) is 14.1 Å². The van der Waals surface area contributed by atoms with Crippen molar-refractivity contribution < 1.29 is 4.63 Å². The van der Waals surface area contributed by atoms with Crippen molar-refractivity contribution >= 4 is 28.9 Å². The Labute approximate surface area is 129 Å². The second kappa shape index (κ2) is 5.40. The first-order valence-electron chi connectivity index (χ1n) is 6.59. The number of nitrogens with zero attached hydrogens (tertiary/aromatic N) is 6. The third-order valence-corrected chi connectivity index (χ3v) is 3.42. The predicted octanol–water partition coefficient (Wildman–Crippen LogP) is -0.418. The van der Waals surface area contributed by atoms with Crippen molar-refractivity contribution in [1.29, 1.82) is 0 Å². The van der Waals surface area contributed by atoms with Gasteiger partial charge in [-0.25, -0.2) is 9.42 Å². The number of nitrogens with two attached hydrogens (primary N) is 2. The minimum atomic E-state index is -0.0923. The zero-order valence-corrected chi connectivity index (χ0v) is 12.5. The third-order valence-electron chi connectivity index (χ3n) is 3.42. The van der Waals surface area contributed by atoms with E-state index in [4.69, 9.17) is 11.5 Å². The molecule has 3 rings (SSSR count). The number of nitrogen functional groups attached to an aromatic ring is 1. The molecule has 0 saturated heterocycles. The summed E-state index contributed by atoms with van der Waals surface area (Å²) in [5, 5.41) is 14.6. The lowest BCUT2D eigenvalue weighted by Crippen LogP contribution is -2.19. The first kappa shape index (κ1) is 14.5. The van der Waals surface area contributed by atoms with Gasteiger partial charge in [-0.15, -0.1) is 5.10 Å². The van der Waals surface area contributed by atoms with Crippen LogP contribution in [0.1, 0.15) is 11.3 Å². The van der Waals surface area contributed by atoms with Gasteiger partial charge in [-0.3, -0.25) is 9.13 Å². The minimum absolute atomic E-state index is 0.00631. The topological polar surface area (TPSA) is 143 Å². The molecular formula is C13H14N8O2. The number of hydrogen-bond donors (Lipinski definition) is 2. The second-order valence-electron chi connectivity index (χ2n) is 4.88. The zero-order chi connectivity index (χ0) is 16.6. The van der Waals surface area contributed by atoms with Crippen molar-refractivity contribution in [1.82, 2.24) is 19.4 Å². The molecule has 0 aliphatic heterocycles. The van der Waals surface area contributed by atoms with E-state index in [2.05, 4.69) is 25.1 Å². The van der Waals surface area contributed by atoms with E-state index in [0.717, 1.165) is 16.6 Å². The van der Waals surface area contributed by atoms with E-state index in [0.29, 0.717) is 0 Å². The van der Waals surface area contributed by atoms with Crippen LogP contribution in [-0.4, -0.2) is 31.5 Å². The largest absolute Gasteiger partial charge is 0.380 e. The van der Waals surface area contributed by atoms with Crippen molar-refractivity contribution in [3.8, 4) is 0 Å². The van der Waals surface area contributed by atoms with Gasteiger partial charge in [-0.2, -0.15) is 5.10 Å². The molecule has 0 aliphatic carbocycles. The van der Waals surface area contributed by atoms with Gasteiger partial charge in [-0.1, -0.05) is 6.07 Å². The second-order valence-corrected chi connectivity index (χ2v) is 4.88. The van der Waals surface area contributed by atoms with Crippen molar-refractivity contribution in [2.24, 2.45) is 30.0 Å². The number of amidine groups is 1. The lowest BCUT2D eigenvalue weighted by molar-refractivity contribution is 0.308.